The van der Waals surface area contributed by atoms with Gasteiger partial charge in [-0.15, -0.1) is 0 Å². The molecule has 0 radical (unpaired) electrons. The first kappa shape index (κ1) is 18.3. The van der Waals surface area contributed by atoms with Gasteiger partial charge < -0.3 is 14.8 Å². The fourth-order valence-electron chi connectivity index (χ4n) is 3.41. The van der Waals surface area contributed by atoms with Crippen LogP contribution in [0.2, 0.25) is 0 Å². The molecule has 1 aromatic carbocycles. The molecule has 0 aromatic heterocycles. The Morgan fingerprint density at radius 3 is 2.71 bits per heavy atom. The van der Waals surface area contributed by atoms with Crippen molar-refractivity contribution in [1.82, 2.24) is 5.32 Å². The van der Waals surface area contributed by atoms with Crippen LogP contribution in [0.25, 0.3) is 0 Å². The number of carbonyl (C=O) groups excluding carboxylic acids is 2. The Labute approximate surface area is 143 Å². The number of rotatable bonds is 6. The molecule has 2 unspecified atom stereocenters. The Kier molecular flexibility index (Phi) is 6.64. The van der Waals surface area contributed by atoms with Gasteiger partial charge in [0.15, 0.2) is 0 Å². The van der Waals surface area contributed by atoms with E-state index in [-0.39, 0.29) is 17.8 Å². The highest BCUT2D eigenvalue weighted by Crippen LogP contribution is 2.30. The Morgan fingerprint density at radius 1 is 1.25 bits per heavy atom. The maximum absolute atomic E-state index is 11.7. The molecule has 0 bridgehead atoms. The second kappa shape index (κ2) is 8.71. The first-order valence-corrected chi connectivity index (χ1v) is 8.60. The maximum Gasteiger partial charge on any atom is 0.406 e. The Hall–Kier alpha value is -2.04. The first-order chi connectivity index (χ1) is 11.6. The van der Waals surface area contributed by atoms with Crippen molar-refractivity contribution < 1.29 is 19.1 Å². The lowest BCUT2D eigenvalue weighted by Crippen LogP contribution is -2.28. The number of methoxy groups -OCH3 is 2. The minimum Gasteiger partial charge on any atom is -0.469 e. The molecule has 0 saturated heterocycles. The molecule has 1 N–H and O–H groups in total. The van der Waals surface area contributed by atoms with Gasteiger partial charge in [-0.25, -0.2) is 4.79 Å². The molecule has 24 heavy (non-hydrogen) atoms. The third kappa shape index (κ3) is 4.49. The second-order valence-electron chi connectivity index (χ2n) is 6.35. The fourth-order valence-corrected chi connectivity index (χ4v) is 3.41. The number of amides is 1. The van der Waals surface area contributed by atoms with E-state index in [1.807, 2.05) is 0 Å². The number of alkyl carbamates (subject to hydrolysis) is 1. The molecule has 1 amide bonds. The number of nitrogens with one attached hydrogen (secondary N) is 1. The summed E-state index contributed by atoms with van der Waals surface area (Å²) >= 11 is 0. The zero-order valence-electron chi connectivity index (χ0n) is 14.8. The SMILES string of the molecule is CCCC(CNC(=O)OC)c1ccc2c(c1)CCC(C(=O)OC)C2. The van der Waals surface area contributed by atoms with Gasteiger partial charge in [0.25, 0.3) is 0 Å². The number of esters is 1. The molecule has 0 spiro atoms. The van der Waals surface area contributed by atoms with Crippen LogP contribution in [0.4, 0.5) is 4.79 Å². The molecule has 0 aliphatic heterocycles. The largest absolute Gasteiger partial charge is 0.469 e. The van der Waals surface area contributed by atoms with Crippen molar-refractivity contribution >= 4 is 12.1 Å². The van der Waals surface area contributed by atoms with Crippen LogP contribution in [0.1, 0.15) is 48.8 Å². The molecule has 2 atom stereocenters. The van der Waals surface area contributed by atoms with Crippen LogP contribution in [0, 0.1) is 5.92 Å². The molecule has 1 aliphatic rings. The Balaban J connectivity index is 2.11. The molecule has 5 heteroatoms. The van der Waals surface area contributed by atoms with Crippen molar-refractivity contribution in [2.45, 2.75) is 44.9 Å². The van der Waals surface area contributed by atoms with E-state index in [0.717, 1.165) is 32.1 Å². The van der Waals surface area contributed by atoms with Gasteiger partial charge in [-0.3, -0.25) is 4.79 Å². The summed E-state index contributed by atoms with van der Waals surface area (Å²) in [6.45, 7) is 2.72. The third-order valence-corrected chi connectivity index (χ3v) is 4.78. The van der Waals surface area contributed by atoms with Crippen molar-refractivity contribution in [1.29, 1.82) is 0 Å². The van der Waals surface area contributed by atoms with Gasteiger partial charge >= 0.3 is 12.1 Å². The number of fused-ring (bicyclic) bond motifs is 1. The highest BCUT2D eigenvalue weighted by molar-refractivity contribution is 5.73. The summed E-state index contributed by atoms with van der Waals surface area (Å²) < 4.78 is 9.53. The zero-order chi connectivity index (χ0) is 17.5. The van der Waals surface area contributed by atoms with Crippen LogP contribution in [-0.4, -0.2) is 32.8 Å². The summed E-state index contributed by atoms with van der Waals surface area (Å²) in [5.41, 5.74) is 3.78. The van der Waals surface area contributed by atoms with Crippen LogP contribution in [-0.2, 0) is 27.1 Å². The highest BCUT2D eigenvalue weighted by atomic mass is 16.5. The molecular formula is C19H27NO4. The van der Waals surface area contributed by atoms with Crippen LogP contribution in [0.15, 0.2) is 18.2 Å². The van der Waals surface area contributed by atoms with E-state index in [9.17, 15) is 9.59 Å². The summed E-state index contributed by atoms with van der Waals surface area (Å²) in [4.78, 5) is 23.1. The summed E-state index contributed by atoms with van der Waals surface area (Å²) in [7, 11) is 2.82. The monoisotopic (exact) mass is 333 g/mol. The Morgan fingerprint density at radius 2 is 2.04 bits per heavy atom. The fraction of sp³-hybridized carbons (Fsp3) is 0.579. The average molecular weight is 333 g/mol. The van der Waals surface area contributed by atoms with Crippen LogP contribution < -0.4 is 5.32 Å². The second-order valence-corrected chi connectivity index (χ2v) is 6.35. The molecule has 1 aliphatic carbocycles. The van der Waals surface area contributed by atoms with E-state index in [2.05, 4.69) is 35.2 Å². The number of ether oxygens (including phenoxy) is 2. The predicted molar refractivity (Wildman–Crippen MR) is 92.0 cm³/mol. The predicted octanol–water partition coefficient (Wildman–Crippen LogP) is 3.20. The van der Waals surface area contributed by atoms with E-state index < -0.39 is 6.09 Å². The van der Waals surface area contributed by atoms with E-state index >= 15 is 0 Å². The molecule has 0 saturated carbocycles. The van der Waals surface area contributed by atoms with Crippen molar-refractivity contribution in [3.63, 3.8) is 0 Å². The van der Waals surface area contributed by atoms with Gasteiger partial charge in [0.1, 0.15) is 0 Å². The van der Waals surface area contributed by atoms with Crippen LogP contribution >= 0.6 is 0 Å². The standard InChI is InChI=1S/C19H27NO4/c1-4-5-17(12-20-19(22)24-3)15-7-6-14-11-16(18(21)23-2)9-8-13(14)10-15/h6-7,10,16-17H,4-5,8-9,11-12H2,1-3H3,(H,20,22). The summed E-state index contributed by atoms with van der Waals surface area (Å²) in [6, 6.07) is 6.49. The highest BCUT2D eigenvalue weighted by Gasteiger charge is 2.26. The quantitative estimate of drug-likeness (QED) is 0.812. The first-order valence-electron chi connectivity index (χ1n) is 8.60. The van der Waals surface area contributed by atoms with Crippen LogP contribution in [0.3, 0.4) is 0 Å². The number of carbonyl (C=O) groups is 2. The van der Waals surface area contributed by atoms with Gasteiger partial charge in [0, 0.05) is 12.5 Å². The van der Waals surface area contributed by atoms with Crippen LogP contribution in [0.5, 0.6) is 0 Å². The summed E-state index contributed by atoms with van der Waals surface area (Å²) in [5.74, 6) is 0.134. The van der Waals surface area contributed by atoms with Gasteiger partial charge in [0.2, 0.25) is 0 Å². The zero-order valence-corrected chi connectivity index (χ0v) is 14.8. The van der Waals surface area contributed by atoms with Gasteiger partial charge in [0.05, 0.1) is 20.1 Å². The smallest absolute Gasteiger partial charge is 0.406 e. The van der Waals surface area contributed by atoms with E-state index in [4.69, 9.17) is 4.74 Å². The minimum atomic E-state index is -0.394. The molecule has 1 aromatic rings. The van der Waals surface area contributed by atoms with Gasteiger partial charge in [-0.2, -0.15) is 0 Å². The Bertz CT molecular complexity index is 585. The molecule has 2 rings (SSSR count). The number of hydrogen-bond acceptors (Lipinski definition) is 4. The van der Waals surface area contributed by atoms with Gasteiger partial charge in [-0.1, -0.05) is 31.5 Å². The average Bonchev–Trinajstić information content (AvgIpc) is 2.63. The molecule has 5 nitrogen and oxygen atoms in total. The minimum absolute atomic E-state index is 0.0271. The molecular weight excluding hydrogens is 306 g/mol. The van der Waals surface area contributed by atoms with Crippen molar-refractivity contribution in [2.24, 2.45) is 5.92 Å². The van der Waals surface area contributed by atoms with E-state index in [1.54, 1.807) is 0 Å². The molecule has 132 valence electrons. The summed E-state index contributed by atoms with van der Waals surface area (Å²) in [6.07, 6.45) is 4.15. The lowest BCUT2D eigenvalue weighted by atomic mass is 9.81. The van der Waals surface area contributed by atoms with Crippen molar-refractivity contribution in [3.05, 3.63) is 34.9 Å². The van der Waals surface area contributed by atoms with Crippen molar-refractivity contribution in [2.75, 3.05) is 20.8 Å². The summed E-state index contributed by atoms with van der Waals surface area (Å²) in [5, 5.41) is 2.80. The van der Waals surface area contributed by atoms with E-state index in [0.29, 0.717) is 6.54 Å². The lowest BCUT2D eigenvalue weighted by Gasteiger charge is -2.25. The number of aryl methyl sites for hydroxylation is 1. The number of hydrogen-bond donors (Lipinski definition) is 1. The third-order valence-electron chi connectivity index (χ3n) is 4.78. The van der Waals surface area contributed by atoms with Crippen molar-refractivity contribution in [3.8, 4) is 0 Å². The van der Waals surface area contributed by atoms with E-state index in [1.165, 1.54) is 30.9 Å². The van der Waals surface area contributed by atoms with Gasteiger partial charge in [-0.05, 0) is 42.4 Å². The molecule has 0 heterocycles. The topological polar surface area (TPSA) is 64.6 Å². The maximum atomic E-state index is 11.7. The lowest BCUT2D eigenvalue weighted by molar-refractivity contribution is -0.145. The normalized spacial score (nSPS) is 17.5. The number of benzene rings is 1. The molecule has 0 fully saturated rings.